The van der Waals surface area contributed by atoms with Crippen molar-refractivity contribution in [1.29, 1.82) is 0 Å². The molecule has 2 nitrogen and oxygen atoms in total. The van der Waals surface area contributed by atoms with Crippen LogP contribution in [0.15, 0.2) is 0 Å². The summed E-state index contributed by atoms with van der Waals surface area (Å²) < 4.78 is 0. The Bertz CT molecular complexity index is 178. The Morgan fingerprint density at radius 3 is 2.31 bits per heavy atom. The van der Waals surface area contributed by atoms with Gasteiger partial charge in [0.1, 0.15) is 0 Å². The van der Waals surface area contributed by atoms with Crippen LogP contribution in [0.25, 0.3) is 0 Å². The maximum Gasteiger partial charge on any atom is 0.00965 e. The molecule has 1 aliphatic rings. The molecule has 1 saturated carbocycles. The molecule has 2 heteroatoms. The number of nitrogens with one attached hydrogen (secondary N) is 1. The van der Waals surface area contributed by atoms with Gasteiger partial charge < -0.3 is 10.2 Å². The molecule has 16 heavy (non-hydrogen) atoms. The van der Waals surface area contributed by atoms with Gasteiger partial charge in [0.2, 0.25) is 0 Å². The molecule has 0 aromatic carbocycles. The van der Waals surface area contributed by atoms with Crippen LogP contribution in [0.1, 0.15) is 59.8 Å². The third-order valence-electron chi connectivity index (χ3n) is 3.52. The van der Waals surface area contributed by atoms with Crippen molar-refractivity contribution in [3.8, 4) is 0 Å². The molecule has 0 aromatic heterocycles. The lowest BCUT2D eigenvalue weighted by Crippen LogP contribution is -2.39. The van der Waals surface area contributed by atoms with Crippen LogP contribution >= 0.6 is 0 Å². The smallest absolute Gasteiger partial charge is 0.00965 e. The van der Waals surface area contributed by atoms with E-state index in [0.717, 1.165) is 12.6 Å². The van der Waals surface area contributed by atoms with Gasteiger partial charge in [-0.05, 0) is 59.7 Å². The molecule has 0 radical (unpaired) electrons. The fraction of sp³-hybridized carbons (Fsp3) is 1.00. The molecule has 1 rings (SSSR count). The highest BCUT2D eigenvalue weighted by Crippen LogP contribution is 2.23. The van der Waals surface area contributed by atoms with Crippen molar-refractivity contribution in [1.82, 2.24) is 10.2 Å². The van der Waals surface area contributed by atoms with E-state index in [0.29, 0.717) is 0 Å². The minimum Gasteiger partial charge on any atom is -0.312 e. The van der Waals surface area contributed by atoms with Gasteiger partial charge in [-0.25, -0.2) is 0 Å². The van der Waals surface area contributed by atoms with Gasteiger partial charge in [0, 0.05) is 11.6 Å². The SMILES string of the molecule is CCN(CCCNC(C)(C)C)C1CCCC1. The van der Waals surface area contributed by atoms with Gasteiger partial charge in [-0.15, -0.1) is 0 Å². The second-order valence-electron chi connectivity index (χ2n) is 6.10. The van der Waals surface area contributed by atoms with Gasteiger partial charge in [0.25, 0.3) is 0 Å². The molecule has 0 aromatic rings. The summed E-state index contributed by atoms with van der Waals surface area (Å²) in [7, 11) is 0. The fourth-order valence-electron chi connectivity index (χ4n) is 2.61. The topological polar surface area (TPSA) is 15.3 Å². The van der Waals surface area contributed by atoms with E-state index >= 15 is 0 Å². The Morgan fingerprint density at radius 1 is 1.19 bits per heavy atom. The normalized spacial score (nSPS) is 18.6. The molecule has 1 N–H and O–H groups in total. The predicted molar refractivity (Wildman–Crippen MR) is 71.9 cm³/mol. The van der Waals surface area contributed by atoms with Gasteiger partial charge in [-0.3, -0.25) is 0 Å². The zero-order valence-corrected chi connectivity index (χ0v) is 11.7. The Hall–Kier alpha value is -0.0800. The Morgan fingerprint density at radius 2 is 1.81 bits per heavy atom. The minimum atomic E-state index is 0.268. The Kier molecular flexibility index (Phi) is 5.77. The average molecular weight is 226 g/mol. The molecule has 0 bridgehead atoms. The maximum absolute atomic E-state index is 3.57. The van der Waals surface area contributed by atoms with E-state index in [2.05, 4.69) is 37.9 Å². The molecule has 0 heterocycles. The third-order valence-corrected chi connectivity index (χ3v) is 3.52. The summed E-state index contributed by atoms with van der Waals surface area (Å²) in [6.07, 6.45) is 7.03. The van der Waals surface area contributed by atoms with E-state index in [4.69, 9.17) is 0 Å². The van der Waals surface area contributed by atoms with Crippen molar-refractivity contribution in [2.75, 3.05) is 19.6 Å². The zero-order valence-electron chi connectivity index (χ0n) is 11.7. The lowest BCUT2D eigenvalue weighted by atomic mass is 10.1. The number of nitrogens with zero attached hydrogens (tertiary/aromatic N) is 1. The lowest BCUT2D eigenvalue weighted by molar-refractivity contribution is 0.204. The van der Waals surface area contributed by atoms with Crippen LogP contribution in [0.2, 0.25) is 0 Å². The molecule has 0 aliphatic heterocycles. The van der Waals surface area contributed by atoms with Crippen molar-refractivity contribution in [2.24, 2.45) is 0 Å². The van der Waals surface area contributed by atoms with Crippen LogP contribution in [-0.4, -0.2) is 36.1 Å². The van der Waals surface area contributed by atoms with Crippen LogP contribution in [0.5, 0.6) is 0 Å². The van der Waals surface area contributed by atoms with Crippen LogP contribution in [0.3, 0.4) is 0 Å². The summed E-state index contributed by atoms with van der Waals surface area (Å²) in [6, 6.07) is 0.889. The van der Waals surface area contributed by atoms with Crippen molar-refractivity contribution >= 4 is 0 Å². The standard InChI is InChI=1S/C14H30N2/c1-5-16(13-9-6-7-10-13)12-8-11-15-14(2,3)4/h13,15H,5-12H2,1-4H3. The second kappa shape index (κ2) is 6.61. The summed E-state index contributed by atoms with van der Waals surface area (Å²) in [5.41, 5.74) is 0.268. The van der Waals surface area contributed by atoms with E-state index < -0.39 is 0 Å². The molecular weight excluding hydrogens is 196 g/mol. The summed E-state index contributed by atoms with van der Waals surface area (Å²) >= 11 is 0. The van der Waals surface area contributed by atoms with E-state index in [1.54, 1.807) is 0 Å². The number of hydrogen-bond donors (Lipinski definition) is 1. The van der Waals surface area contributed by atoms with E-state index in [1.807, 2.05) is 0 Å². The second-order valence-corrected chi connectivity index (χ2v) is 6.10. The number of rotatable bonds is 6. The van der Waals surface area contributed by atoms with Crippen molar-refractivity contribution in [3.63, 3.8) is 0 Å². The molecule has 96 valence electrons. The van der Waals surface area contributed by atoms with Crippen molar-refractivity contribution in [2.45, 2.75) is 71.4 Å². The highest BCUT2D eigenvalue weighted by atomic mass is 15.1. The monoisotopic (exact) mass is 226 g/mol. The Balaban J connectivity index is 2.14. The molecule has 0 atom stereocenters. The third kappa shape index (κ3) is 5.31. The quantitative estimate of drug-likeness (QED) is 0.700. The molecule has 0 amide bonds. The summed E-state index contributed by atoms with van der Waals surface area (Å²) in [5, 5.41) is 3.57. The first kappa shape index (κ1) is 14.0. The molecular formula is C14H30N2. The molecule has 0 unspecified atom stereocenters. The van der Waals surface area contributed by atoms with Gasteiger partial charge >= 0.3 is 0 Å². The van der Waals surface area contributed by atoms with Crippen LogP contribution < -0.4 is 5.32 Å². The van der Waals surface area contributed by atoms with E-state index in [9.17, 15) is 0 Å². The fourth-order valence-corrected chi connectivity index (χ4v) is 2.61. The van der Waals surface area contributed by atoms with Crippen LogP contribution in [-0.2, 0) is 0 Å². The predicted octanol–water partition coefficient (Wildman–Crippen LogP) is 3.03. The largest absolute Gasteiger partial charge is 0.312 e. The van der Waals surface area contributed by atoms with Gasteiger partial charge in [0.05, 0.1) is 0 Å². The van der Waals surface area contributed by atoms with E-state index in [1.165, 1.54) is 45.2 Å². The number of hydrogen-bond acceptors (Lipinski definition) is 2. The Labute approximate surface area is 102 Å². The van der Waals surface area contributed by atoms with Gasteiger partial charge in [-0.1, -0.05) is 19.8 Å². The first-order valence-electron chi connectivity index (χ1n) is 7.02. The summed E-state index contributed by atoms with van der Waals surface area (Å²) in [5.74, 6) is 0. The summed E-state index contributed by atoms with van der Waals surface area (Å²) in [4.78, 5) is 2.68. The first-order chi connectivity index (χ1) is 7.53. The highest BCUT2D eigenvalue weighted by Gasteiger charge is 2.20. The average Bonchev–Trinajstić information content (AvgIpc) is 2.69. The highest BCUT2D eigenvalue weighted by molar-refractivity contribution is 4.77. The van der Waals surface area contributed by atoms with Gasteiger partial charge in [-0.2, -0.15) is 0 Å². The maximum atomic E-state index is 3.57. The zero-order chi connectivity index (χ0) is 12.0. The van der Waals surface area contributed by atoms with Crippen molar-refractivity contribution in [3.05, 3.63) is 0 Å². The molecule has 0 saturated heterocycles. The van der Waals surface area contributed by atoms with Crippen molar-refractivity contribution < 1.29 is 0 Å². The van der Waals surface area contributed by atoms with Crippen LogP contribution in [0, 0.1) is 0 Å². The van der Waals surface area contributed by atoms with E-state index in [-0.39, 0.29) is 5.54 Å². The molecule has 1 aliphatic carbocycles. The first-order valence-corrected chi connectivity index (χ1v) is 7.02. The minimum absolute atomic E-state index is 0.268. The molecule has 1 fully saturated rings. The lowest BCUT2D eigenvalue weighted by Gasteiger charge is -2.28. The molecule has 0 spiro atoms. The van der Waals surface area contributed by atoms with Crippen LogP contribution in [0.4, 0.5) is 0 Å². The van der Waals surface area contributed by atoms with Gasteiger partial charge in [0.15, 0.2) is 0 Å². The summed E-state index contributed by atoms with van der Waals surface area (Å²) in [6.45, 7) is 12.7.